The van der Waals surface area contributed by atoms with Gasteiger partial charge in [0.15, 0.2) is 0 Å². The minimum absolute atomic E-state index is 0.310. The lowest BCUT2D eigenvalue weighted by Gasteiger charge is -2.15. The molecule has 0 radical (unpaired) electrons. The summed E-state index contributed by atoms with van der Waals surface area (Å²) in [5.41, 5.74) is 0.482. The molecule has 2 N–H and O–H groups in total. The highest BCUT2D eigenvalue weighted by atomic mass is 16.3. The fourth-order valence-electron chi connectivity index (χ4n) is 1.36. The fourth-order valence-corrected chi connectivity index (χ4v) is 1.36. The summed E-state index contributed by atoms with van der Waals surface area (Å²) in [5, 5.41) is 11.8. The molecule has 1 amide bonds. The van der Waals surface area contributed by atoms with Gasteiger partial charge in [-0.05, 0) is 0 Å². The van der Waals surface area contributed by atoms with Crippen LogP contribution in [0, 0.1) is 0 Å². The van der Waals surface area contributed by atoms with Crippen molar-refractivity contribution in [2.75, 3.05) is 11.9 Å². The Labute approximate surface area is 97.2 Å². The van der Waals surface area contributed by atoms with Crippen LogP contribution >= 0.6 is 0 Å². The average Bonchev–Trinajstić information content (AvgIpc) is 2.85. The molecule has 1 atom stereocenters. The first-order chi connectivity index (χ1) is 8.31. The lowest BCUT2D eigenvalue weighted by molar-refractivity contribution is -0.120. The SMILES string of the molecule is O=C(Nc1cncnc1)C(CO)n1ccnc1. The molecule has 1 unspecified atom stereocenters. The summed E-state index contributed by atoms with van der Waals surface area (Å²) in [5.74, 6) is -0.347. The van der Waals surface area contributed by atoms with Gasteiger partial charge in [-0.2, -0.15) is 0 Å². The first-order valence-electron chi connectivity index (χ1n) is 4.95. The summed E-state index contributed by atoms with van der Waals surface area (Å²) in [7, 11) is 0. The van der Waals surface area contributed by atoms with Crippen molar-refractivity contribution in [1.82, 2.24) is 19.5 Å². The lowest BCUT2D eigenvalue weighted by atomic mass is 10.3. The zero-order valence-electron chi connectivity index (χ0n) is 8.89. The van der Waals surface area contributed by atoms with Gasteiger partial charge in [-0.3, -0.25) is 4.79 Å². The number of aromatic nitrogens is 4. The molecule has 2 heterocycles. The smallest absolute Gasteiger partial charge is 0.249 e. The van der Waals surface area contributed by atoms with Crippen LogP contribution in [0.4, 0.5) is 5.69 Å². The maximum absolute atomic E-state index is 11.9. The van der Waals surface area contributed by atoms with Crippen molar-refractivity contribution in [3.05, 3.63) is 37.4 Å². The Morgan fingerprint density at radius 3 is 2.76 bits per heavy atom. The van der Waals surface area contributed by atoms with Crippen LogP contribution in [-0.2, 0) is 4.79 Å². The Kier molecular flexibility index (Phi) is 3.41. The number of carbonyl (C=O) groups excluding carboxylic acids is 1. The Hall–Kier alpha value is -2.28. The molecule has 0 aromatic carbocycles. The number of aliphatic hydroxyl groups is 1. The molecule has 0 aliphatic heterocycles. The summed E-state index contributed by atoms with van der Waals surface area (Å²) >= 11 is 0. The number of nitrogens with one attached hydrogen (secondary N) is 1. The van der Waals surface area contributed by atoms with E-state index in [9.17, 15) is 9.90 Å². The molecule has 0 fully saturated rings. The van der Waals surface area contributed by atoms with Crippen molar-refractivity contribution in [1.29, 1.82) is 0 Å². The number of hydrogen-bond donors (Lipinski definition) is 2. The van der Waals surface area contributed by atoms with Crippen LogP contribution in [0.15, 0.2) is 37.4 Å². The normalized spacial score (nSPS) is 12.1. The van der Waals surface area contributed by atoms with Crippen LogP contribution in [0.3, 0.4) is 0 Å². The van der Waals surface area contributed by atoms with Gasteiger partial charge in [-0.25, -0.2) is 15.0 Å². The summed E-state index contributed by atoms with van der Waals surface area (Å²) < 4.78 is 1.53. The highest BCUT2D eigenvalue weighted by molar-refractivity contribution is 5.93. The molecule has 0 saturated carbocycles. The van der Waals surface area contributed by atoms with E-state index in [1.165, 1.54) is 29.6 Å². The maximum Gasteiger partial charge on any atom is 0.249 e. The second-order valence-corrected chi connectivity index (χ2v) is 3.32. The van der Waals surface area contributed by atoms with Gasteiger partial charge in [-0.15, -0.1) is 0 Å². The predicted molar refractivity (Wildman–Crippen MR) is 59.0 cm³/mol. The van der Waals surface area contributed by atoms with Gasteiger partial charge in [0.2, 0.25) is 5.91 Å². The number of nitrogens with zero attached hydrogens (tertiary/aromatic N) is 4. The molecule has 0 aliphatic rings. The molecule has 2 rings (SSSR count). The van der Waals surface area contributed by atoms with Crippen LogP contribution in [-0.4, -0.2) is 37.1 Å². The van der Waals surface area contributed by atoms with E-state index in [0.29, 0.717) is 5.69 Å². The van der Waals surface area contributed by atoms with Crippen LogP contribution in [0.1, 0.15) is 6.04 Å². The highest BCUT2D eigenvalue weighted by Gasteiger charge is 2.18. The molecule has 0 aliphatic carbocycles. The largest absolute Gasteiger partial charge is 0.394 e. The van der Waals surface area contributed by atoms with Crippen LogP contribution < -0.4 is 5.32 Å². The first kappa shape index (κ1) is 11.2. The Morgan fingerprint density at radius 1 is 1.41 bits per heavy atom. The monoisotopic (exact) mass is 233 g/mol. The molecule has 17 heavy (non-hydrogen) atoms. The highest BCUT2D eigenvalue weighted by Crippen LogP contribution is 2.09. The quantitative estimate of drug-likeness (QED) is 0.765. The first-order valence-corrected chi connectivity index (χ1v) is 4.95. The second kappa shape index (κ2) is 5.17. The molecule has 2 aromatic heterocycles. The molecule has 2 aromatic rings. The molecule has 88 valence electrons. The molecule has 0 saturated heterocycles. The van der Waals surface area contributed by atoms with Crippen molar-refractivity contribution in [3.8, 4) is 0 Å². The van der Waals surface area contributed by atoms with Crippen molar-refractivity contribution in [2.24, 2.45) is 0 Å². The van der Waals surface area contributed by atoms with E-state index < -0.39 is 6.04 Å². The van der Waals surface area contributed by atoms with E-state index >= 15 is 0 Å². The number of hydrogen-bond acceptors (Lipinski definition) is 5. The number of imidazole rings is 1. The van der Waals surface area contributed by atoms with Gasteiger partial charge in [0.05, 0.1) is 31.0 Å². The van der Waals surface area contributed by atoms with Gasteiger partial charge in [0.1, 0.15) is 12.4 Å². The summed E-state index contributed by atoms with van der Waals surface area (Å²) in [4.78, 5) is 23.3. The van der Waals surface area contributed by atoms with Crippen molar-refractivity contribution >= 4 is 11.6 Å². The van der Waals surface area contributed by atoms with Crippen LogP contribution in [0.25, 0.3) is 0 Å². The molecule has 0 spiro atoms. The van der Waals surface area contributed by atoms with E-state index in [-0.39, 0.29) is 12.5 Å². The average molecular weight is 233 g/mol. The van der Waals surface area contributed by atoms with Gasteiger partial charge >= 0.3 is 0 Å². The van der Waals surface area contributed by atoms with E-state index in [0.717, 1.165) is 0 Å². The van der Waals surface area contributed by atoms with E-state index in [1.54, 1.807) is 12.4 Å². The molecule has 7 heteroatoms. The second-order valence-electron chi connectivity index (χ2n) is 3.32. The molecule has 7 nitrogen and oxygen atoms in total. The third-order valence-corrected chi connectivity index (χ3v) is 2.19. The number of amides is 1. The van der Waals surface area contributed by atoms with Gasteiger partial charge < -0.3 is 15.0 Å². The Balaban J connectivity index is 2.09. The zero-order chi connectivity index (χ0) is 12.1. The van der Waals surface area contributed by atoms with Crippen LogP contribution in [0.2, 0.25) is 0 Å². The summed E-state index contributed by atoms with van der Waals surface area (Å²) in [6, 6.07) is -0.710. The van der Waals surface area contributed by atoms with Crippen LogP contribution in [0.5, 0.6) is 0 Å². The lowest BCUT2D eigenvalue weighted by Crippen LogP contribution is -2.28. The van der Waals surface area contributed by atoms with Crippen molar-refractivity contribution < 1.29 is 9.90 Å². The minimum Gasteiger partial charge on any atom is -0.394 e. The Morgan fingerprint density at radius 2 is 2.18 bits per heavy atom. The van der Waals surface area contributed by atoms with Crippen molar-refractivity contribution in [2.45, 2.75) is 6.04 Å². The van der Waals surface area contributed by atoms with Gasteiger partial charge in [0.25, 0.3) is 0 Å². The van der Waals surface area contributed by atoms with Gasteiger partial charge in [0, 0.05) is 12.4 Å². The maximum atomic E-state index is 11.9. The van der Waals surface area contributed by atoms with E-state index in [2.05, 4.69) is 20.3 Å². The van der Waals surface area contributed by atoms with E-state index in [1.807, 2.05) is 0 Å². The number of carbonyl (C=O) groups is 1. The summed E-state index contributed by atoms with van der Waals surface area (Å²) in [6.45, 7) is -0.310. The Bertz CT molecular complexity index is 471. The predicted octanol–water partition coefficient (Wildman–Crippen LogP) is -0.155. The molecule has 0 bridgehead atoms. The fraction of sp³-hybridized carbons (Fsp3) is 0.200. The summed E-state index contributed by atoms with van der Waals surface area (Å²) in [6.07, 6.45) is 8.96. The molecular weight excluding hydrogens is 222 g/mol. The standard InChI is InChI=1S/C10H11N5O2/c16-5-9(15-2-1-11-7-15)10(17)14-8-3-12-6-13-4-8/h1-4,6-7,9,16H,5H2,(H,14,17). The third-order valence-electron chi connectivity index (χ3n) is 2.19. The zero-order valence-corrected chi connectivity index (χ0v) is 8.89. The van der Waals surface area contributed by atoms with Gasteiger partial charge in [-0.1, -0.05) is 0 Å². The number of rotatable bonds is 4. The number of aliphatic hydroxyl groups excluding tert-OH is 1. The molecular formula is C10H11N5O2. The van der Waals surface area contributed by atoms with E-state index in [4.69, 9.17) is 0 Å². The minimum atomic E-state index is -0.710. The topological polar surface area (TPSA) is 92.9 Å². The number of anilines is 1. The third kappa shape index (κ3) is 2.64. The van der Waals surface area contributed by atoms with Crippen molar-refractivity contribution in [3.63, 3.8) is 0 Å².